The Morgan fingerprint density at radius 1 is 1.29 bits per heavy atom. The van der Waals surface area contributed by atoms with E-state index in [2.05, 4.69) is 9.97 Å². The topological polar surface area (TPSA) is 81.3 Å². The summed E-state index contributed by atoms with van der Waals surface area (Å²) in [5.41, 5.74) is 6.00. The number of benzene rings is 1. The molecule has 1 aromatic carbocycles. The molecule has 1 aliphatic heterocycles. The maximum atomic E-state index is 13.3. The molecule has 7 heteroatoms. The van der Waals surface area contributed by atoms with Crippen molar-refractivity contribution in [2.45, 2.75) is 18.8 Å². The third-order valence-corrected chi connectivity index (χ3v) is 4.06. The molecular weight excluding hydrogens is 311 g/mol. The molecule has 126 valence electrons. The fourth-order valence-corrected chi connectivity index (χ4v) is 2.92. The lowest BCUT2D eigenvalue weighted by Crippen LogP contribution is -2.39. The lowest BCUT2D eigenvalue weighted by atomic mass is 9.93. The lowest BCUT2D eigenvalue weighted by molar-refractivity contribution is -0.119. The van der Waals surface area contributed by atoms with E-state index in [4.69, 9.17) is 10.5 Å². The van der Waals surface area contributed by atoms with Gasteiger partial charge in [-0.2, -0.15) is 0 Å². The maximum Gasteiger partial charge on any atom is 0.241 e. The summed E-state index contributed by atoms with van der Waals surface area (Å²) in [6.45, 7) is 1.81. The zero-order valence-corrected chi connectivity index (χ0v) is 13.2. The fourth-order valence-electron chi connectivity index (χ4n) is 2.92. The van der Waals surface area contributed by atoms with Gasteiger partial charge in [0.1, 0.15) is 17.3 Å². The largest absolute Gasteiger partial charge is 0.437 e. The number of halogens is 1. The van der Waals surface area contributed by atoms with Crippen molar-refractivity contribution in [1.29, 1.82) is 0 Å². The first-order valence-electron chi connectivity index (χ1n) is 7.87. The number of hydrogen-bond donors (Lipinski definition) is 1. The van der Waals surface area contributed by atoms with Crippen LogP contribution in [0.4, 0.5) is 4.39 Å². The molecule has 0 radical (unpaired) electrons. The molecule has 0 aliphatic carbocycles. The number of rotatable bonds is 5. The summed E-state index contributed by atoms with van der Waals surface area (Å²) in [6, 6.07) is 5.94. The Bertz CT molecular complexity index is 717. The van der Waals surface area contributed by atoms with Crippen LogP contribution in [0.1, 0.15) is 24.5 Å². The van der Waals surface area contributed by atoms with Gasteiger partial charge in [0.25, 0.3) is 0 Å². The molecule has 1 aliphatic rings. The quantitative estimate of drug-likeness (QED) is 0.907. The third-order valence-electron chi connectivity index (χ3n) is 4.06. The van der Waals surface area contributed by atoms with Crippen molar-refractivity contribution in [2.75, 3.05) is 19.6 Å². The van der Waals surface area contributed by atoms with Crippen LogP contribution in [-0.2, 0) is 4.79 Å². The van der Waals surface area contributed by atoms with Gasteiger partial charge in [0.05, 0.1) is 6.54 Å². The van der Waals surface area contributed by atoms with E-state index in [0.29, 0.717) is 11.6 Å². The summed E-state index contributed by atoms with van der Waals surface area (Å²) in [5.74, 6) is 0.298. The third kappa shape index (κ3) is 4.05. The number of primary amides is 1. The maximum absolute atomic E-state index is 13.3. The summed E-state index contributed by atoms with van der Waals surface area (Å²) in [6.07, 6.45) is 4.86. The van der Waals surface area contributed by atoms with Crippen LogP contribution in [0.3, 0.4) is 0 Å². The van der Waals surface area contributed by atoms with E-state index in [9.17, 15) is 9.18 Å². The van der Waals surface area contributed by atoms with Gasteiger partial charge < -0.3 is 10.5 Å². The van der Waals surface area contributed by atoms with E-state index in [1.807, 2.05) is 4.90 Å². The summed E-state index contributed by atoms with van der Waals surface area (Å²) >= 11 is 0. The average molecular weight is 330 g/mol. The number of hydrogen-bond acceptors (Lipinski definition) is 5. The molecule has 1 aromatic heterocycles. The number of likely N-dealkylation sites (tertiary alicyclic amines) is 1. The zero-order valence-electron chi connectivity index (χ0n) is 13.2. The number of nitrogens with zero attached hydrogens (tertiary/aromatic N) is 3. The zero-order chi connectivity index (χ0) is 16.9. The molecule has 2 aromatic rings. The number of amides is 1. The summed E-state index contributed by atoms with van der Waals surface area (Å²) in [7, 11) is 0. The average Bonchev–Trinajstić information content (AvgIpc) is 2.56. The van der Waals surface area contributed by atoms with Crippen LogP contribution in [0.25, 0.3) is 0 Å². The normalized spacial score (nSPS) is 16.0. The van der Waals surface area contributed by atoms with Crippen LogP contribution in [0.5, 0.6) is 11.6 Å². The minimum Gasteiger partial charge on any atom is -0.437 e. The van der Waals surface area contributed by atoms with E-state index in [1.165, 1.54) is 12.1 Å². The van der Waals surface area contributed by atoms with E-state index in [0.717, 1.165) is 31.6 Å². The summed E-state index contributed by atoms with van der Waals surface area (Å²) < 4.78 is 19.0. The molecule has 1 fully saturated rings. The van der Waals surface area contributed by atoms with E-state index in [-0.39, 0.29) is 24.2 Å². The van der Waals surface area contributed by atoms with Gasteiger partial charge in [0, 0.05) is 24.4 Å². The first-order chi connectivity index (χ1) is 11.6. The van der Waals surface area contributed by atoms with Gasteiger partial charge in [0.15, 0.2) is 0 Å². The number of nitrogens with two attached hydrogens (primary N) is 1. The Morgan fingerprint density at radius 3 is 2.75 bits per heavy atom. The number of piperidine rings is 1. The van der Waals surface area contributed by atoms with Crippen LogP contribution in [0.15, 0.2) is 36.7 Å². The Kier molecular flexibility index (Phi) is 5.00. The monoisotopic (exact) mass is 330 g/mol. The predicted molar refractivity (Wildman–Crippen MR) is 86.1 cm³/mol. The van der Waals surface area contributed by atoms with E-state index < -0.39 is 0 Å². The second-order valence-corrected chi connectivity index (χ2v) is 5.82. The van der Waals surface area contributed by atoms with E-state index >= 15 is 0 Å². The first-order valence-corrected chi connectivity index (χ1v) is 7.87. The number of ether oxygens (including phenoxy) is 1. The molecular formula is C17H19FN4O2. The van der Waals surface area contributed by atoms with Crippen molar-refractivity contribution in [3.8, 4) is 11.6 Å². The van der Waals surface area contributed by atoms with Gasteiger partial charge in [-0.1, -0.05) is 6.07 Å². The van der Waals surface area contributed by atoms with Crippen molar-refractivity contribution < 1.29 is 13.9 Å². The molecule has 24 heavy (non-hydrogen) atoms. The number of carbonyl (C=O) groups is 1. The van der Waals surface area contributed by atoms with Crippen LogP contribution in [0, 0.1) is 5.82 Å². The van der Waals surface area contributed by atoms with Gasteiger partial charge in [-0.15, -0.1) is 0 Å². The van der Waals surface area contributed by atoms with Crippen molar-refractivity contribution in [2.24, 2.45) is 5.73 Å². The molecule has 1 saturated heterocycles. The highest BCUT2D eigenvalue weighted by Gasteiger charge is 2.25. The molecule has 0 bridgehead atoms. The van der Waals surface area contributed by atoms with Crippen LogP contribution < -0.4 is 10.5 Å². The van der Waals surface area contributed by atoms with Crippen molar-refractivity contribution in [3.05, 3.63) is 48.2 Å². The molecule has 0 saturated carbocycles. The molecule has 0 unspecified atom stereocenters. The van der Waals surface area contributed by atoms with Crippen molar-refractivity contribution in [1.82, 2.24) is 14.9 Å². The van der Waals surface area contributed by atoms with Gasteiger partial charge in [-0.05, 0) is 38.1 Å². The highest BCUT2D eigenvalue weighted by Crippen LogP contribution is 2.33. The highest BCUT2D eigenvalue weighted by atomic mass is 19.1. The Balaban J connectivity index is 1.72. The highest BCUT2D eigenvalue weighted by molar-refractivity contribution is 5.75. The van der Waals surface area contributed by atoms with Crippen molar-refractivity contribution in [3.63, 3.8) is 0 Å². The molecule has 2 N–H and O–H groups in total. The predicted octanol–water partition coefficient (Wildman–Crippen LogP) is 2.07. The molecule has 6 nitrogen and oxygen atoms in total. The molecule has 3 rings (SSSR count). The molecule has 0 atom stereocenters. The molecule has 0 spiro atoms. The second-order valence-electron chi connectivity index (χ2n) is 5.82. The Labute approximate surface area is 139 Å². The first kappa shape index (κ1) is 16.3. The van der Waals surface area contributed by atoms with Crippen LogP contribution >= 0.6 is 0 Å². The smallest absolute Gasteiger partial charge is 0.241 e. The lowest BCUT2D eigenvalue weighted by Gasteiger charge is -2.30. The van der Waals surface area contributed by atoms with Gasteiger partial charge >= 0.3 is 0 Å². The van der Waals surface area contributed by atoms with Gasteiger partial charge in [0.2, 0.25) is 11.8 Å². The van der Waals surface area contributed by atoms with Crippen molar-refractivity contribution >= 4 is 5.91 Å². The Hall–Kier alpha value is -2.54. The van der Waals surface area contributed by atoms with Gasteiger partial charge in [-0.25, -0.2) is 9.37 Å². The van der Waals surface area contributed by atoms with E-state index in [1.54, 1.807) is 24.5 Å². The standard InChI is InChI=1S/C17H19FN4O2/c18-13-2-1-3-14(10-13)24-17-16(20-6-7-21-17)12-4-8-22(9-5-12)11-15(19)23/h1-3,6-7,10,12H,4-5,8-9,11H2,(H2,19,23). The molecule has 2 heterocycles. The number of carbonyl (C=O) groups excluding carboxylic acids is 1. The number of aromatic nitrogens is 2. The fraction of sp³-hybridized carbons (Fsp3) is 0.353. The van der Waals surface area contributed by atoms with Gasteiger partial charge in [-0.3, -0.25) is 14.7 Å². The minimum atomic E-state index is -0.363. The Morgan fingerprint density at radius 2 is 2.04 bits per heavy atom. The molecule has 1 amide bonds. The second kappa shape index (κ2) is 7.35. The summed E-state index contributed by atoms with van der Waals surface area (Å²) in [4.78, 5) is 21.7. The van der Waals surface area contributed by atoms with Crippen LogP contribution in [-0.4, -0.2) is 40.4 Å². The minimum absolute atomic E-state index is 0.186. The summed E-state index contributed by atoms with van der Waals surface area (Å²) in [5, 5.41) is 0. The SMILES string of the molecule is NC(=O)CN1CCC(c2nccnc2Oc2cccc(F)c2)CC1. The van der Waals surface area contributed by atoms with Crippen LogP contribution in [0.2, 0.25) is 0 Å².